The molecular weight excluding hydrogens is 386 g/mol. The fraction of sp³-hybridized carbons (Fsp3) is 0.500. The van der Waals surface area contributed by atoms with Gasteiger partial charge in [0.1, 0.15) is 16.3 Å². The molecule has 1 aliphatic rings. The van der Waals surface area contributed by atoms with Gasteiger partial charge in [0.2, 0.25) is 0 Å². The Morgan fingerprint density at radius 1 is 1.28 bits per heavy atom. The molecule has 7 heteroatoms. The number of hydrogen-bond acceptors (Lipinski definition) is 5. The number of piperidine rings is 1. The monoisotopic (exact) mass is 415 g/mol. The van der Waals surface area contributed by atoms with E-state index in [2.05, 4.69) is 4.98 Å². The fourth-order valence-electron chi connectivity index (χ4n) is 3.45. The summed E-state index contributed by atoms with van der Waals surface area (Å²) < 4.78 is 5.43. The molecule has 0 spiro atoms. The first kappa shape index (κ1) is 21.3. The SMILES string of the molecule is CN(CC1CCCN(C(=O)c2csc(-c3ccccc3)n2)C1)C(=O)OC(C)(C)C. The zero-order valence-corrected chi connectivity index (χ0v) is 18.4. The van der Waals surface area contributed by atoms with E-state index in [0.717, 1.165) is 30.0 Å². The highest BCUT2D eigenvalue weighted by molar-refractivity contribution is 7.13. The van der Waals surface area contributed by atoms with Crippen LogP contribution >= 0.6 is 11.3 Å². The van der Waals surface area contributed by atoms with E-state index < -0.39 is 5.60 Å². The molecule has 2 heterocycles. The van der Waals surface area contributed by atoms with Gasteiger partial charge in [0.15, 0.2) is 0 Å². The van der Waals surface area contributed by atoms with Gasteiger partial charge in [-0.25, -0.2) is 9.78 Å². The standard InChI is InChI=1S/C22H29N3O3S/c1-22(2,3)28-21(27)24(4)13-16-9-8-12-25(14-16)20(26)18-15-29-19(23-18)17-10-6-5-7-11-17/h5-7,10-11,15-16H,8-9,12-14H2,1-4H3. The maximum Gasteiger partial charge on any atom is 0.410 e. The van der Waals surface area contributed by atoms with E-state index in [1.807, 2.05) is 61.4 Å². The second kappa shape index (κ2) is 8.95. The molecule has 156 valence electrons. The number of nitrogens with zero attached hydrogens (tertiary/aromatic N) is 3. The second-order valence-electron chi connectivity index (χ2n) is 8.52. The average molecular weight is 416 g/mol. The lowest BCUT2D eigenvalue weighted by atomic mass is 9.97. The summed E-state index contributed by atoms with van der Waals surface area (Å²) in [5.74, 6) is 0.200. The Bertz CT molecular complexity index is 844. The number of carbonyl (C=O) groups excluding carboxylic acids is 2. The summed E-state index contributed by atoms with van der Waals surface area (Å²) in [5.41, 5.74) is 1.00. The first-order valence-electron chi connectivity index (χ1n) is 9.97. The summed E-state index contributed by atoms with van der Waals surface area (Å²) in [6.07, 6.45) is 1.59. The summed E-state index contributed by atoms with van der Waals surface area (Å²) in [5, 5.41) is 2.69. The van der Waals surface area contributed by atoms with Crippen LogP contribution in [0.1, 0.15) is 44.1 Å². The van der Waals surface area contributed by atoms with E-state index in [0.29, 0.717) is 18.8 Å². The Kier molecular flexibility index (Phi) is 6.57. The topological polar surface area (TPSA) is 62.7 Å². The number of likely N-dealkylation sites (tertiary alicyclic amines) is 1. The zero-order chi connectivity index (χ0) is 21.0. The van der Waals surface area contributed by atoms with E-state index in [-0.39, 0.29) is 17.9 Å². The molecule has 6 nitrogen and oxygen atoms in total. The number of ether oxygens (including phenoxy) is 1. The number of amides is 2. The number of carbonyl (C=O) groups is 2. The highest BCUT2D eigenvalue weighted by atomic mass is 32.1. The summed E-state index contributed by atoms with van der Waals surface area (Å²) in [6.45, 7) is 7.50. The summed E-state index contributed by atoms with van der Waals surface area (Å²) >= 11 is 1.49. The molecular formula is C22H29N3O3S. The molecule has 0 N–H and O–H groups in total. The Morgan fingerprint density at radius 3 is 2.69 bits per heavy atom. The van der Waals surface area contributed by atoms with Crippen LogP contribution in [-0.4, -0.2) is 59.1 Å². The molecule has 1 aromatic carbocycles. The third-order valence-corrected chi connectivity index (χ3v) is 5.68. The molecule has 1 fully saturated rings. The first-order chi connectivity index (χ1) is 13.7. The van der Waals surface area contributed by atoms with Crippen molar-refractivity contribution in [2.75, 3.05) is 26.7 Å². The molecule has 0 aliphatic carbocycles. The van der Waals surface area contributed by atoms with Crippen molar-refractivity contribution in [3.8, 4) is 10.6 Å². The van der Waals surface area contributed by atoms with Gasteiger partial charge >= 0.3 is 6.09 Å². The highest BCUT2D eigenvalue weighted by Gasteiger charge is 2.28. The van der Waals surface area contributed by atoms with Gasteiger partial charge < -0.3 is 14.5 Å². The number of rotatable bonds is 4. The minimum absolute atomic E-state index is 0.0342. The number of aromatic nitrogens is 1. The predicted octanol–water partition coefficient (Wildman–Crippen LogP) is 4.53. The van der Waals surface area contributed by atoms with Crippen molar-refractivity contribution in [1.82, 2.24) is 14.8 Å². The normalized spacial score (nSPS) is 17.1. The third-order valence-electron chi connectivity index (χ3n) is 4.79. The van der Waals surface area contributed by atoms with Crippen LogP contribution in [0.25, 0.3) is 10.6 Å². The van der Waals surface area contributed by atoms with Gasteiger partial charge in [0.25, 0.3) is 5.91 Å². The minimum Gasteiger partial charge on any atom is -0.444 e. The molecule has 0 bridgehead atoms. The number of benzene rings is 1. The predicted molar refractivity (Wildman–Crippen MR) is 115 cm³/mol. The van der Waals surface area contributed by atoms with Crippen molar-refractivity contribution in [2.24, 2.45) is 5.92 Å². The van der Waals surface area contributed by atoms with Gasteiger partial charge in [-0.3, -0.25) is 4.79 Å². The van der Waals surface area contributed by atoms with Crippen LogP contribution in [-0.2, 0) is 4.74 Å². The van der Waals surface area contributed by atoms with E-state index in [4.69, 9.17) is 4.74 Å². The van der Waals surface area contributed by atoms with Gasteiger partial charge in [0.05, 0.1) is 0 Å². The van der Waals surface area contributed by atoms with E-state index >= 15 is 0 Å². The van der Waals surface area contributed by atoms with Crippen LogP contribution in [0.5, 0.6) is 0 Å². The second-order valence-corrected chi connectivity index (χ2v) is 9.38. The molecule has 1 unspecified atom stereocenters. The Hall–Kier alpha value is -2.41. The summed E-state index contributed by atoms with van der Waals surface area (Å²) in [7, 11) is 1.75. The van der Waals surface area contributed by atoms with Gasteiger partial charge in [-0.1, -0.05) is 30.3 Å². The molecule has 1 atom stereocenters. The van der Waals surface area contributed by atoms with Crippen LogP contribution in [0.15, 0.2) is 35.7 Å². The maximum absolute atomic E-state index is 13.0. The Balaban J connectivity index is 1.60. The molecule has 0 saturated carbocycles. The molecule has 1 aromatic heterocycles. The van der Waals surface area contributed by atoms with Crippen LogP contribution in [0.2, 0.25) is 0 Å². The fourth-order valence-corrected chi connectivity index (χ4v) is 4.25. The van der Waals surface area contributed by atoms with Crippen molar-refractivity contribution in [3.63, 3.8) is 0 Å². The minimum atomic E-state index is -0.513. The van der Waals surface area contributed by atoms with Crippen LogP contribution in [0.3, 0.4) is 0 Å². The lowest BCUT2D eigenvalue weighted by Crippen LogP contribution is -2.45. The van der Waals surface area contributed by atoms with Gasteiger partial charge in [-0.15, -0.1) is 11.3 Å². The Morgan fingerprint density at radius 2 is 2.00 bits per heavy atom. The summed E-state index contributed by atoms with van der Waals surface area (Å²) in [4.78, 5) is 33.2. The quantitative estimate of drug-likeness (QED) is 0.736. The maximum atomic E-state index is 13.0. The molecule has 3 rings (SSSR count). The van der Waals surface area contributed by atoms with Gasteiger partial charge in [-0.2, -0.15) is 0 Å². The largest absolute Gasteiger partial charge is 0.444 e. The van der Waals surface area contributed by atoms with Crippen molar-refractivity contribution < 1.29 is 14.3 Å². The first-order valence-corrected chi connectivity index (χ1v) is 10.9. The average Bonchev–Trinajstić information content (AvgIpc) is 3.17. The lowest BCUT2D eigenvalue weighted by Gasteiger charge is -2.34. The van der Waals surface area contributed by atoms with Crippen molar-refractivity contribution in [3.05, 3.63) is 41.4 Å². The van der Waals surface area contributed by atoms with Crippen LogP contribution in [0, 0.1) is 5.92 Å². The van der Waals surface area contributed by atoms with E-state index in [1.165, 1.54) is 11.3 Å². The highest BCUT2D eigenvalue weighted by Crippen LogP contribution is 2.25. The lowest BCUT2D eigenvalue weighted by molar-refractivity contribution is 0.0244. The Labute approximate surface area is 176 Å². The van der Waals surface area contributed by atoms with Gasteiger partial charge in [-0.05, 0) is 39.5 Å². The molecule has 1 saturated heterocycles. The van der Waals surface area contributed by atoms with E-state index in [1.54, 1.807) is 11.9 Å². The van der Waals surface area contributed by atoms with Crippen molar-refractivity contribution in [1.29, 1.82) is 0 Å². The number of thiazole rings is 1. The van der Waals surface area contributed by atoms with Crippen LogP contribution in [0.4, 0.5) is 4.79 Å². The zero-order valence-electron chi connectivity index (χ0n) is 17.6. The van der Waals surface area contributed by atoms with Crippen molar-refractivity contribution >= 4 is 23.3 Å². The molecule has 1 aliphatic heterocycles. The smallest absolute Gasteiger partial charge is 0.410 e. The number of hydrogen-bond donors (Lipinski definition) is 0. The van der Waals surface area contributed by atoms with Crippen LogP contribution < -0.4 is 0 Å². The molecule has 2 amide bonds. The van der Waals surface area contributed by atoms with Gasteiger partial charge in [0, 0.05) is 37.6 Å². The van der Waals surface area contributed by atoms with Crippen molar-refractivity contribution in [2.45, 2.75) is 39.2 Å². The molecule has 0 radical (unpaired) electrons. The molecule has 2 aromatic rings. The van der Waals surface area contributed by atoms with E-state index in [9.17, 15) is 9.59 Å². The third kappa shape index (κ3) is 5.79. The molecule has 29 heavy (non-hydrogen) atoms. The summed E-state index contributed by atoms with van der Waals surface area (Å²) in [6, 6.07) is 9.89.